The Balaban J connectivity index is 2.29. The number of thiophene rings is 1. The van der Waals surface area contributed by atoms with E-state index in [2.05, 4.69) is 80.4 Å². The first kappa shape index (κ1) is 11.9. The predicted octanol–water partition coefficient (Wildman–Crippen LogP) is 6.73. The molecule has 4 aromatic rings. The molecule has 0 unspecified atom stereocenters. The van der Waals surface area contributed by atoms with E-state index in [1.54, 1.807) is 0 Å². The molecule has 3 heteroatoms. The van der Waals surface area contributed by atoms with Gasteiger partial charge in [0.2, 0.25) is 0 Å². The molecule has 0 radical (unpaired) electrons. The van der Waals surface area contributed by atoms with Crippen LogP contribution in [0.1, 0.15) is 0 Å². The van der Waals surface area contributed by atoms with Gasteiger partial charge in [-0.3, -0.25) is 0 Å². The molecule has 0 nitrogen and oxygen atoms in total. The van der Waals surface area contributed by atoms with Gasteiger partial charge in [-0.2, -0.15) is 0 Å². The third-order valence-corrected chi connectivity index (χ3v) is 6.17. The lowest BCUT2D eigenvalue weighted by molar-refractivity contribution is 1.73. The van der Waals surface area contributed by atoms with Crippen molar-refractivity contribution in [1.82, 2.24) is 0 Å². The Morgan fingerprint density at radius 2 is 1.63 bits per heavy atom. The molecular weight excluding hydrogens is 384 g/mol. The molecule has 0 spiro atoms. The quantitative estimate of drug-likeness (QED) is 0.311. The number of benzene rings is 3. The predicted molar refractivity (Wildman–Crippen MR) is 92.2 cm³/mol. The highest BCUT2D eigenvalue weighted by molar-refractivity contribution is 9.11. The molecular formula is C16H8Br2S. The van der Waals surface area contributed by atoms with Gasteiger partial charge in [0.1, 0.15) is 0 Å². The monoisotopic (exact) mass is 390 g/mol. The van der Waals surface area contributed by atoms with E-state index in [9.17, 15) is 0 Å². The van der Waals surface area contributed by atoms with E-state index in [4.69, 9.17) is 0 Å². The minimum Gasteiger partial charge on any atom is -0.134 e. The molecule has 0 atom stereocenters. The summed E-state index contributed by atoms with van der Waals surface area (Å²) < 4.78 is 4.98. The molecule has 1 heterocycles. The highest BCUT2D eigenvalue weighted by atomic mass is 79.9. The van der Waals surface area contributed by atoms with E-state index < -0.39 is 0 Å². The highest BCUT2D eigenvalue weighted by Gasteiger charge is 2.11. The smallest absolute Gasteiger partial charge is 0.0504 e. The maximum absolute atomic E-state index is 3.78. The van der Waals surface area contributed by atoms with Crippen LogP contribution in [-0.4, -0.2) is 0 Å². The topological polar surface area (TPSA) is 0 Å². The zero-order valence-electron chi connectivity index (χ0n) is 9.78. The molecule has 0 aliphatic carbocycles. The summed E-state index contributed by atoms with van der Waals surface area (Å²) in [4.78, 5) is 0. The van der Waals surface area contributed by atoms with Gasteiger partial charge in [-0.05, 0) is 51.0 Å². The molecule has 0 amide bonds. The van der Waals surface area contributed by atoms with Crippen molar-refractivity contribution < 1.29 is 0 Å². The summed E-state index contributed by atoms with van der Waals surface area (Å²) in [6.45, 7) is 0. The fraction of sp³-hybridized carbons (Fsp3) is 0. The lowest BCUT2D eigenvalue weighted by Crippen LogP contribution is -1.76. The Morgan fingerprint density at radius 3 is 2.53 bits per heavy atom. The highest BCUT2D eigenvalue weighted by Crippen LogP contribution is 2.42. The summed E-state index contributed by atoms with van der Waals surface area (Å²) in [5.74, 6) is 0. The third-order valence-electron chi connectivity index (χ3n) is 3.38. The average molecular weight is 392 g/mol. The van der Waals surface area contributed by atoms with Crippen molar-refractivity contribution >= 4 is 74.1 Å². The van der Waals surface area contributed by atoms with Crippen LogP contribution in [0, 0.1) is 0 Å². The van der Waals surface area contributed by atoms with Crippen molar-refractivity contribution in [3.63, 3.8) is 0 Å². The van der Waals surface area contributed by atoms with E-state index in [0.717, 1.165) is 4.47 Å². The lowest BCUT2D eigenvalue weighted by atomic mass is 10.1. The van der Waals surface area contributed by atoms with Crippen LogP contribution in [0.5, 0.6) is 0 Å². The van der Waals surface area contributed by atoms with Crippen LogP contribution in [0.4, 0.5) is 0 Å². The molecule has 0 fully saturated rings. The second-order valence-electron chi connectivity index (χ2n) is 4.53. The van der Waals surface area contributed by atoms with Crippen molar-refractivity contribution in [1.29, 1.82) is 0 Å². The molecule has 0 saturated heterocycles. The number of halogens is 2. The van der Waals surface area contributed by atoms with Gasteiger partial charge in [0, 0.05) is 24.4 Å². The van der Waals surface area contributed by atoms with E-state index in [-0.39, 0.29) is 0 Å². The first-order valence-electron chi connectivity index (χ1n) is 5.93. The second kappa shape index (κ2) is 4.30. The van der Waals surface area contributed by atoms with Gasteiger partial charge in [0.25, 0.3) is 0 Å². The second-order valence-corrected chi connectivity index (χ2v) is 7.29. The van der Waals surface area contributed by atoms with Crippen molar-refractivity contribution in [2.45, 2.75) is 0 Å². The van der Waals surface area contributed by atoms with Crippen LogP contribution in [0.3, 0.4) is 0 Å². The molecule has 0 aliphatic rings. The summed E-state index contributed by atoms with van der Waals surface area (Å²) in [5.41, 5.74) is 0. The number of rotatable bonds is 0. The normalized spacial score (nSPS) is 11.7. The van der Waals surface area contributed by atoms with E-state index >= 15 is 0 Å². The Labute approximate surface area is 131 Å². The summed E-state index contributed by atoms with van der Waals surface area (Å²) in [6, 6.07) is 17.3. The van der Waals surface area contributed by atoms with Gasteiger partial charge >= 0.3 is 0 Å². The molecule has 0 bridgehead atoms. The van der Waals surface area contributed by atoms with Crippen molar-refractivity contribution in [2.24, 2.45) is 0 Å². The van der Waals surface area contributed by atoms with Gasteiger partial charge < -0.3 is 0 Å². The van der Waals surface area contributed by atoms with Crippen LogP contribution >= 0.6 is 43.2 Å². The molecule has 3 aromatic carbocycles. The number of fused-ring (bicyclic) bond motifs is 4. The van der Waals surface area contributed by atoms with E-state index in [1.807, 2.05) is 11.3 Å². The van der Waals surface area contributed by atoms with Crippen molar-refractivity contribution in [2.75, 3.05) is 0 Å². The summed E-state index contributed by atoms with van der Waals surface area (Å²) in [7, 11) is 0. The first-order chi connectivity index (χ1) is 9.24. The minimum absolute atomic E-state index is 1.11. The molecule has 0 saturated carbocycles. The number of hydrogen-bond acceptors (Lipinski definition) is 1. The molecule has 0 aliphatic heterocycles. The summed E-state index contributed by atoms with van der Waals surface area (Å²) in [6.07, 6.45) is 0. The minimum atomic E-state index is 1.11. The van der Waals surface area contributed by atoms with Crippen LogP contribution in [0.2, 0.25) is 0 Å². The molecule has 92 valence electrons. The van der Waals surface area contributed by atoms with Crippen LogP contribution in [0.25, 0.3) is 30.9 Å². The Morgan fingerprint density at radius 1 is 0.789 bits per heavy atom. The Kier molecular flexibility index (Phi) is 2.69. The van der Waals surface area contributed by atoms with E-state index in [1.165, 1.54) is 35.4 Å². The van der Waals surface area contributed by atoms with Gasteiger partial charge in [-0.15, -0.1) is 11.3 Å². The maximum Gasteiger partial charge on any atom is 0.0504 e. The fourth-order valence-corrected chi connectivity index (χ4v) is 4.79. The summed E-state index contributed by atoms with van der Waals surface area (Å²) >= 11 is 9.18. The molecule has 0 N–H and O–H groups in total. The zero-order valence-corrected chi connectivity index (χ0v) is 13.8. The Bertz CT molecular complexity index is 938. The van der Waals surface area contributed by atoms with Crippen LogP contribution in [-0.2, 0) is 0 Å². The zero-order chi connectivity index (χ0) is 13.0. The molecule has 19 heavy (non-hydrogen) atoms. The molecule has 1 aromatic heterocycles. The maximum atomic E-state index is 3.78. The van der Waals surface area contributed by atoms with Crippen molar-refractivity contribution in [3.05, 3.63) is 57.5 Å². The van der Waals surface area contributed by atoms with Gasteiger partial charge in [-0.25, -0.2) is 0 Å². The van der Waals surface area contributed by atoms with Crippen LogP contribution < -0.4 is 0 Å². The lowest BCUT2D eigenvalue weighted by Gasteiger charge is -2.03. The molecule has 4 rings (SSSR count). The largest absolute Gasteiger partial charge is 0.134 e. The van der Waals surface area contributed by atoms with Gasteiger partial charge in [-0.1, -0.05) is 40.2 Å². The van der Waals surface area contributed by atoms with Gasteiger partial charge in [0.15, 0.2) is 0 Å². The van der Waals surface area contributed by atoms with Crippen molar-refractivity contribution in [3.8, 4) is 0 Å². The van der Waals surface area contributed by atoms with Crippen LogP contribution in [0.15, 0.2) is 57.5 Å². The fourth-order valence-electron chi connectivity index (χ4n) is 2.49. The SMILES string of the molecule is Brc1ccc2cc3c(sc4ccccc43)c(Br)c2c1. The first-order valence-corrected chi connectivity index (χ1v) is 8.33. The summed E-state index contributed by atoms with van der Waals surface area (Å²) in [5, 5.41) is 5.20. The standard InChI is InChI=1S/C16H8Br2S/c17-10-6-5-9-7-13-11-3-1-2-4-14(11)19-16(13)15(18)12(9)8-10/h1-8H. The Hall–Kier alpha value is -0.900. The third kappa shape index (κ3) is 1.76. The van der Waals surface area contributed by atoms with Gasteiger partial charge in [0.05, 0.1) is 4.70 Å². The number of hydrogen-bond donors (Lipinski definition) is 0. The van der Waals surface area contributed by atoms with E-state index in [0.29, 0.717) is 0 Å². The average Bonchev–Trinajstić information content (AvgIpc) is 2.79.